The number of halogens is 1. The minimum atomic E-state index is -0.451. The van der Waals surface area contributed by atoms with Crippen LogP contribution in [0.3, 0.4) is 0 Å². The van der Waals surface area contributed by atoms with Gasteiger partial charge in [-0.1, -0.05) is 11.6 Å². The van der Waals surface area contributed by atoms with Crippen molar-refractivity contribution < 1.29 is 4.92 Å². The zero-order valence-electron chi connectivity index (χ0n) is 9.00. The molecule has 1 aromatic heterocycles. The van der Waals surface area contributed by atoms with Crippen LogP contribution in [0.2, 0.25) is 5.02 Å². The number of nitro benzene ring substituents is 1. The van der Waals surface area contributed by atoms with Crippen molar-refractivity contribution in [1.29, 1.82) is 0 Å². The standard InChI is InChI=1S/C12H6ClN3O2/c13-7-1-3-9-11(5-7)14-10-4-2-8(16(17)18)6-12(10)15-9/h1-6H. The van der Waals surface area contributed by atoms with E-state index in [4.69, 9.17) is 11.6 Å². The molecule has 2 aromatic carbocycles. The Kier molecular flexibility index (Phi) is 2.34. The van der Waals surface area contributed by atoms with E-state index in [0.29, 0.717) is 27.1 Å². The number of hydrogen-bond acceptors (Lipinski definition) is 4. The lowest BCUT2D eigenvalue weighted by molar-refractivity contribution is -0.384. The Morgan fingerprint density at radius 3 is 2.22 bits per heavy atom. The third-order valence-corrected chi connectivity index (χ3v) is 2.82. The monoisotopic (exact) mass is 259 g/mol. The molecule has 5 nitrogen and oxygen atoms in total. The van der Waals surface area contributed by atoms with Gasteiger partial charge in [0, 0.05) is 17.2 Å². The third kappa shape index (κ3) is 1.74. The van der Waals surface area contributed by atoms with Crippen LogP contribution in [0, 0.1) is 10.1 Å². The van der Waals surface area contributed by atoms with Crippen molar-refractivity contribution in [2.75, 3.05) is 0 Å². The average Bonchev–Trinajstić information content (AvgIpc) is 2.35. The van der Waals surface area contributed by atoms with E-state index in [-0.39, 0.29) is 5.69 Å². The van der Waals surface area contributed by atoms with Gasteiger partial charge in [-0.2, -0.15) is 0 Å². The number of rotatable bonds is 1. The minimum Gasteiger partial charge on any atom is -0.258 e. The molecule has 0 radical (unpaired) electrons. The van der Waals surface area contributed by atoms with Gasteiger partial charge in [-0.25, -0.2) is 9.97 Å². The van der Waals surface area contributed by atoms with Crippen molar-refractivity contribution in [1.82, 2.24) is 9.97 Å². The average molecular weight is 260 g/mol. The lowest BCUT2D eigenvalue weighted by Crippen LogP contribution is -1.91. The second kappa shape index (κ2) is 3.89. The van der Waals surface area contributed by atoms with Crippen LogP contribution in [0.1, 0.15) is 0 Å². The molecule has 18 heavy (non-hydrogen) atoms. The molecule has 3 aromatic rings. The molecule has 0 amide bonds. The normalized spacial score (nSPS) is 10.9. The topological polar surface area (TPSA) is 68.9 Å². The first-order chi connectivity index (χ1) is 8.63. The molecule has 6 heteroatoms. The molecule has 0 aliphatic heterocycles. The molecule has 0 N–H and O–H groups in total. The van der Waals surface area contributed by atoms with Crippen LogP contribution in [0.4, 0.5) is 5.69 Å². The van der Waals surface area contributed by atoms with Gasteiger partial charge in [-0.05, 0) is 24.3 Å². The number of non-ortho nitro benzene ring substituents is 1. The fourth-order valence-corrected chi connectivity index (χ4v) is 1.92. The first-order valence-corrected chi connectivity index (χ1v) is 5.53. The number of aromatic nitrogens is 2. The van der Waals surface area contributed by atoms with Crippen LogP contribution in [-0.2, 0) is 0 Å². The largest absolute Gasteiger partial charge is 0.271 e. The Balaban J connectivity index is 2.34. The maximum absolute atomic E-state index is 10.7. The first-order valence-electron chi connectivity index (χ1n) is 5.15. The van der Waals surface area contributed by atoms with E-state index in [9.17, 15) is 10.1 Å². The van der Waals surface area contributed by atoms with Crippen molar-refractivity contribution in [3.05, 3.63) is 51.5 Å². The summed E-state index contributed by atoms with van der Waals surface area (Å²) in [4.78, 5) is 18.9. The molecule has 0 saturated heterocycles. The van der Waals surface area contributed by atoms with Crippen LogP contribution >= 0.6 is 11.6 Å². The molecule has 0 bridgehead atoms. The van der Waals surface area contributed by atoms with E-state index in [2.05, 4.69) is 9.97 Å². The lowest BCUT2D eigenvalue weighted by Gasteiger charge is -2.01. The van der Waals surface area contributed by atoms with Gasteiger partial charge in [0.15, 0.2) is 0 Å². The highest BCUT2D eigenvalue weighted by Gasteiger charge is 2.08. The van der Waals surface area contributed by atoms with E-state index in [1.165, 1.54) is 12.1 Å². The van der Waals surface area contributed by atoms with Gasteiger partial charge in [0.05, 0.1) is 27.0 Å². The molecule has 0 fully saturated rings. The molecule has 0 aliphatic carbocycles. The fraction of sp³-hybridized carbons (Fsp3) is 0. The molecular formula is C12H6ClN3O2. The van der Waals surface area contributed by atoms with Gasteiger partial charge in [-0.15, -0.1) is 0 Å². The molecule has 0 spiro atoms. The van der Waals surface area contributed by atoms with E-state index < -0.39 is 4.92 Å². The van der Waals surface area contributed by atoms with Crippen molar-refractivity contribution in [3.8, 4) is 0 Å². The molecule has 0 unspecified atom stereocenters. The van der Waals surface area contributed by atoms with E-state index in [1.807, 2.05) is 0 Å². The van der Waals surface area contributed by atoms with Gasteiger partial charge in [0.2, 0.25) is 0 Å². The molecule has 0 aliphatic rings. The molecule has 0 saturated carbocycles. The summed E-state index contributed by atoms with van der Waals surface area (Å²) in [6, 6.07) is 9.57. The maximum Gasteiger partial charge on any atom is 0.271 e. The van der Waals surface area contributed by atoms with Crippen LogP contribution < -0.4 is 0 Å². The third-order valence-electron chi connectivity index (χ3n) is 2.59. The summed E-state index contributed by atoms with van der Waals surface area (Å²) < 4.78 is 0. The summed E-state index contributed by atoms with van der Waals surface area (Å²) in [5.74, 6) is 0. The Labute approximate surface area is 106 Å². The molecule has 1 heterocycles. The highest BCUT2D eigenvalue weighted by atomic mass is 35.5. The van der Waals surface area contributed by atoms with Gasteiger partial charge in [0.1, 0.15) is 0 Å². The smallest absolute Gasteiger partial charge is 0.258 e. The first kappa shape index (κ1) is 10.9. The maximum atomic E-state index is 10.7. The van der Waals surface area contributed by atoms with Crippen molar-refractivity contribution >= 4 is 39.4 Å². The van der Waals surface area contributed by atoms with Crippen molar-refractivity contribution in [3.63, 3.8) is 0 Å². The fourth-order valence-electron chi connectivity index (χ4n) is 1.75. The van der Waals surface area contributed by atoms with Gasteiger partial charge in [0.25, 0.3) is 5.69 Å². The molecule has 3 rings (SSSR count). The van der Waals surface area contributed by atoms with Crippen LogP contribution in [0.15, 0.2) is 36.4 Å². The Morgan fingerprint density at radius 1 is 0.944 bits per heavy atom. The number of hydrogen-bond donors (Lipinski definition) is 0. The zero-order chi connectivity index (χ0) is 12.7. The second-order valence-corrected chi connectivity index (χ2v) is 4.22. The van der Waals surface area contributed by atoms with Crippen LogP contribution in [-0.4, -0.2) is 14.9 Å². The predicted molar refractivity (Wildman–Crippen MR) is 68.7 cm³/mol. The van der Waals surface area contributed by atoms with Gasteiger partial charge in [-0.3, -0.25) is 10.1 Å². The summed E-state index contributed by atoms with van der Waals surface area (Å²) in [5.41, 5.74) is 2.44. The number of benzene rings is 2. The number of nitrogens with zero attached hydrogens (tertiary/aromatic N) is 3. The van der Waals surface area contributed by atoms with Crippen LogP contribution in [0.5, 0.6) is 0 Å². The van der Waals surface area contributed by atoms with Gasteiger partial charge >= 0.3 is 0 Å². The highest BCUT2D eigenvalue weighted by molar-refractivity contribution is 6.31. The molecule has 88 valence electrons. The quantitative estimate of drug-likeness (QED) is 0.382. The molecule has 0 atom stereocenters. The summed E-state index contributed by atoms with van der Waals surface area (Å²) >= 11 is 5.88. The van der Waals surface area contributed by atoms with E-state index >= 15 is 0 Å². The minimum absolute atomic E-state index is 0.00473. The highest BCUT2D eigenvalue weighted by Crippen LogP contribution is 2.22. The number of nitro groups is 1. The van der Waals surface area contributed by atoms with Crippen molar-refractivity contribution in [2.24, 2.45) is 0 Å². The Hall–Kier alpha value is -2.27. The second-order valence-electron chi connectivity index (χ2n) is 3.79. The van der Waals surface area contributed by atoms with Gasteiger partial charge < -0.3 is 0 Å². The summed E-state index contributed by atoms with van der Waals surface area (Å²) in [7, 11) is 0. The van der Waals surface area contributed by atoms with Crippen LogP contribution in [0.25, 0.3) is 22.1 Å². The lowest BCUT2D eigenvalue weighted by atomic mass is 10.2. The Morgan fingerprint density at radius 2 is 1.56 bits per heavy atom. The zero-order valence-corrected chi connectivity index (χ0v) is 9.76. The van der Waals surface area contributed by atoms with Crippen molar-refractivity contribution in [2.45, 2.75) is 0 Å². The molecular weight excluding hydrogens is 254 g/mol. The van der Waals surface area contributed by atoms with E-state index in [0.717, 1.165) is 0 Å². The summed E-state index contributed by atoms with van der Waals surface area (Å²) in [5, 5.41) is 11.3. The Bertz CT molecular complexity index is 789. The summed E-state index contributed by atoms with van der Waals surface area (Å²) in [6.45, 7) is 0. The SMILES string of the molecule is O=[N+]([O-])c1ccc2nc3cc(Cl)ccc3nc2c1. The number of fused-ring (bicyclic) bond motifs is 2. The summed E-state index contributed by atoms with van der Waals surface area (Å²) in [6.07, 6.45) is 0. The van der Waals surface area contributed by atoms with E-state index in [1.54, 1.807) is 24.3 Å². The predicted octanol–water partition coefficient (Wildman–Crippen LogP) is 3.34.